The SMILES string of the molecule is Cc1ccc(NC(=O)NCCn2nc(C(F)(F)F)c3c2CCCC3)cc1C. The average Bonchev–Trinajstić information content (AvgIpc) is 2.98. The Morgan fingerprint density at radius 3 is 2.63 bits per heavy atom. The number of aryl methyl sites for hydroxylation is 2. The monoisotopic (exact) mass is 380 g/mol. The Morgan fingerprint density at radius 1 is 1.19 bits per heavy atom. The van der Waals surface area contributed by atoms with E-state index in [0.717, 1.165) is 24.0 Å². The molecule has 5 nitrogen and oxygen atoms in total. The smallest absolute Gasteiger partial charge is 0.336 e. The number of anilines is 1. The molecule has 146 valence electrons. The van der Waals surface area contributed by atoms with Gasteiger partial charge in [0.2, 0.25) is 0 Å². The maximum Gasteiger partial charge on any atom is 0.435 e. The van der Waals surface area contributed by atoms with Crippen LogP contribution < -0.4 is 10.6 Å². The van der Waals surface area contributed by atoms with Crippen molar-refractivity contribution < 1.29 is 18.0 Å². The van der Waals surface area contributed by atoms with Crippen molar-refractivity contribution >= 4 is 11.7 Å². The molecule has 3 rings (SSSR count). The van der Waals surface area contributed by atoms with E-state index in [0.29, 0.717) is 29.8 Å². The summed E-state index contributed by atoms with van der Waals surface area (Å²) in [5, 5.41) is 9.19. The zero-order valence-corrected chi connectivity index (χ0v) is 15.4. The second-order valence-electron chi connectivity index (χ2n) is 6.88. The summed E-state index contributed by atoms with van der Waals surface area (Å²) >= 11 is 0. The highest BCUT2D eigenvalue weighted by Gasteiger charge is 2.39. The van der Waals surface area contributed by atoms with E-state index in [1.54, 1.807) is 6.07 Å². The average molecular weight is 380 g/mol. The molecule has 0 bridgehead atoms. The number of amides is 2. The summed E-state index contributed by atoms with van der Waals surface area (Å²) in [4.78, 5) is 12.0. The summed E-state index contributed by atoms with van der Waals surface area (Å²) in [6, 6.07) is 5.20. The highest BCUT2D eigenvalue weighted by atomic mass is 19.4. The molecule has 0 radical (unpaired) electrons. The number of rotatable bonds is 4. The first kappa shape index (κ1) is 19.3. The van der Waals surface area contributed by atoms with E-state index < -0.39 is 17.9 Å². The Morgan fingerprint density at radius 2 is 1.93 bits per heavy atom. The predicted molar refractivity (Wildman–Crippen MR) is 96.8 cm³/mol. The number of nitrogens with one attached hydrogen (secondary N) is 2. The van der Waals surface area contributed by atoms with Crippen molar-refractivity contribution in [1.29, 1.82) is 0 Å². The van der Waals surface area contributed by atoms with Gasteiger partial charge in [0.15, 0.2) is 5.69 Å². The van der Waals surface area contributed by atoms with E-state index in [4.69, 9.17) is 0 Å². The van der Waals surface area contributed by atoms with Crippen LogP contribution in [0.3, 0.4) is 0 Å². The predicted octanol–water partition coefficient (Wildman–Crippen LogP) is 4.22. The van der Waals surface area contributed by atoms with Gasteiger partial charge in [0.25, 0.3) is 0 Å². The minimum absolute atomic E-state index is 0.197. The van der Waals surface area contributed by atoms with Gasteiger partial charge in [-0.1, -0.05) is 6.07 Å². The summed E-state index contributed by atoms with van der Waals surface area (Å²) in [7, 11) is 0. The first-order chi connectivity index (χ1) is 12.8. The molecule has 1 aliphatic carbocycles. The molecule has 0 saturated heterocycles. The summed E-state index contributed by atoms with van der Waals surface area (Å²) in [5.74, 6) is 0. The number of carbonyl (C=O) groups excluding carboxylic acids is 1. The number of carbonyl (C=O) groups is 1. The van der Waals surface area contributed by atoms with Gasteiger partial charge in [-0.05, 0) is 62.8 Å². The maximum absolute atomic E-state index is 13.2. The lowest BCUT2D eigenvalue weighted by atomic mass is 9.95. The number of fused-ring (bicyclic) bond motifs is 1. The lowest BCUT2D eigenvalue weighted by Gasteiger charge is -2.15. The highest BCUT2D eigenvalue weighted by molar-refractivity contribution is 5.89. The van der Waals surface area contributed by atoms with Crippen molar-refractivity contribution in [2.75, 3.05) is 11.9 Å². The summed E-state index contributed by atoms with van der Waals surface area (Å²) in [6.45, 7) is 4.34. The normalized spacial score (nSPS) is 14.0. The van der Waals surface area contributed by atoms with Gasteiger partial charge in [0.1, 0.15) is 0 Å². The first-order valence-electron chi connectivity index (χ1n) is 9.03. The zero-order chi connectivity index (χ0) is 19.6. The number of urea groups is 1. The fourth-order valence-electron chi connectivity index (χ4n) is 3.35. The molecular formula is C19H23F3N4O. The van der Waals surface area contributed by atoms with Crippen LogP contribution in [0, 0.1) is 13.8 Å². The number of halogens is 3. The van der Waals surface area contributed by atoms with Gasteiger partial charge in [-0.15, -0.1) is 0 Å². The van der Waals surface area contributed by atoms with Crippen molar-refractivity contribution in [3.63, 3.8) is 0 Å². The van der Waals surface area contributed by atoms with Crippen molar-refractivity contribution in [1.82, 2.24) is 15.1 Å². The molecule has 1 aromatic carbocycles. The fourth-order valence-corrected chi connectivity index (χ4v) is 3.35. The summed E-state index contributed by atoms with van der Waals surface area (Å²) in [6.07, 6.45) is -1.84. The number of aromatic nitrogens is 2. The van der Waals surface area contributed by atoms with Gasteiger partial charge in [0, 0.05) is 23.5 Å². The van der Waals surface area contributed by atoms with Crippen LogP contribution in [-0.2, 0) is 25.6 Å². The van der Waals surface area contributed by atoms with E-state index in [1.165, 1.54) is 4.68 Å². The number of hydrogen-bond donors (Lipinski definition) is 2. The van der Waals surface area contributed by atoms with Crippen LogP contribution in [0.25, 0.3) is 0 Å². The highest BCUT2D eigenvalue weighted by Crippen LogP contribution is 2.35. The second kappa shape index (κ2) is 7.62. The molecule has 1 aliphatic rings. The van der Waals surface area contributed by atoms with Gasteiger partial charge in [-0.3, -0.25) is 4.68 Å². The molecule has 1 aromatic heterocycles. The Labute approximate surface area is 155 Å². The molecule has 2 aromatic rings. The third kappa shape index (κ3) is 4.43. The lowest BCUT2D eigenvalue weighted by Crippen LogP contribution is -2.32. The summed E-state index contributed by atoms with van der Waals surface area (Å²) in [5.41, 5.74) is 3.04. The second-order valence-corrected chi connectivity index (χ2v) is 6.88. The Balaban J connectivity index is 1.61. The van der Waals surface area contributed by atoms with Gasteiger partial charge in [0.05, 0.1) is 6.54 Å². The standard InChI is InChI=1S/C19H23F3N4O/c1-12-7-8-14(11-13(12)2)24-18(27)23-9-10-26-16-6-4-3-5-15(16)17(25-26)19(20,21)22/h7-8,11H,3-6,9-10H2,1-2H3,(H2,23,24,27). The number of hydrogen-bond acceptors (Lipinski definition) is 2. The van der Waals surface area contributed by atoms with Crippen molar-refractivity contribution in [3.8, 4) is 0 Å². The molecular weight excluding hydrogens is 357 g/mol. The van der Waals surface area contributed by atoms with Crippen LogP contribution in [0.5, 0.6) is 0 Å². The number of benzene rings is 1. The minimum Gasteiger partial charge on any atom is -0.336 e. The molecule has 2 N–H and O–H groups in total. The molecule has 0 atom stereocenters. The Bertz CT molecular complexity index is 842. The van der Waals surface area contributed by atoms with E-state index in [9.17, 15) is 18.0 Å². The van der Waals surface area contributed by atoms with Gasteiger partial charge in [-0.25, -0.2) is 4.79 Å². The zero-order valence-electron chi connectivity index (χ0n) is 15.4. The quantitative estimate of drug-likeness (QED) is 0.834. The van der Waals surface area contributed by atoms with Crippen LogP contribution in [0.1, 0.15) is 40.9 Å². The molecule has 1 heterocycles. The molecule has 0 spiro atoms. The molecule has 0 fully saturated rings. The van der Waals surface area contributed by atoms with Crippen LogP contribution in [0.15, 0.2) is 18.2 Å². The fraction of sp³-hybridized carbons (Fsp3) is 0.474. The maximum atomic E-state index is 13.2. The van der Waals surface area contributed by atoms with Crippen molar-refractivity contribution in [3.05, 3.63) is 46.3 Å². The largest absolute Gasteiger partial charge is 0.435 e. The minimum atomic E-state index is -4.44. The van der Waals surface area contributed by atoms with Crippen LogP contribution in [0.2, 0.25) is 0 Å². The van der Waals surface area contributed by atoms with Crippen LogP contribution >= 0.6 is 0 Å². The van der Waals surface area contributed by atoms with Crippen molar-refractivity contribution in [2.45, 2.75) is 52.3 Å². The van der Waals surface area contributed by atoms with E-state index in [-0.39, 0.29) is 13.1 Å². The van der Waals surface area contributed by atoms with E-state index in [2.05, 4.69) is 15.7 Å². The summed E-state index contributed by atoms with van der Waals surface area (Å²) < 4.78 is 41.0. The van der Waals surface area contributed by atoms with Gasteiger partial charge < -0.3 is 10.6 Å². The molecule has 27 heavy (non-hydrogen) atoms. The van der Waals surface area contributed by atoms with E-state index >= 15 is 0 Å². The van der Waals surface area contributed by atoms with E-state index in [1.807, 2.05) is 26.0 Å². The Hall–Kier alpha value is -2.51. The number of nitrogens with zero attached hydrogens (tertiary/aromatic N) is 2. The van der Waals surface area contributed by atoms with Gasteiger partial charge >= 0.3 is 12.2 Å². The molecule has 8 heteroatoms. The molecule has 0 unspecified atom stereocenters. The van der Waals surface area contributed by atoms with Crippen molar-refractivity contribution in [2.24, 2.45) is 0 Å². The number of alkyl halides is 3. The Kier molecular flexibility index (Phi) is 5.43. The third-order valence-corrected chi connectivity index (χ3v) is 4.90. The lowest BCUT2D eigenvalue weighted by molar-refractivity contribution is -0.142. The topological polar surface area (TPSA) is 59.0 Å². The third-order valence-electron chi connectivity index (χ3n) is 4.90. The van der Waals surface area contributed by atoms with Crippen LogP contribution in [0.4, 0.5) is 23.7 Å². The van der Waals surface area contributed by atoms with Gasteiger partial charge in [-0.2, -0.15) is 18.3 Å². The molecule has 0 aliphatic heterocycles. The molecule has 0 saturated carbocycles. The molecule has 2 amide bonds. The first-order valence-corrected chi connectivity index (χ1v) is 9.03. The van der Waals surface area contributed by atoms with Crippen LogP contribution in [-0.4, -0.2) is 22.4 Å².